The first-order valence-electron chi connectivity index (χ1n) is 7.19. The Labute approximate surface area is 114 Å². The molecule has 102 valence electrons. The average molecular weight is 259 g/mol. The lowest BCUT2D eigenvalue weighted by Crippen LogP contribution is -2.40. The monoisotopic (exact) mass is 259 g/mol. The van der Waals surface area contributed by atoms with Crippen LogP contribution in [0.2, 0.25) is 0 Å². The van der Waals surface area contributed by atoms with E-state index in [4.69, 9.17) is 0 Å². The van der Waals surface area contributed by atoms with E-state index in [2.05, 4.69) is 21.3 Å². The molecular formula is C15H21N3O. The number of nitrogens with one attached hydrogen (secondary N) is 1. The molecule has 2 fully saturated rings. The van der Waals surface area contributed by atoms with Crippen molar-refractivity contribution in [2.24, 2.45) is 11.8 Å². The maximum atomic E-state index is 11.6. The molecule has 2 saturated heterocycles. The minimum Gasteiger partial charge on any atom is -0.356 e. The Morgan fingerprint density at radius 3 is 3.16 bits per heavy atom. The van der Waals surface area contributed by atoms with Gasteiger partial charge in [-0.2, -0.15) is 0 Å². The summed E-state index contributed by atoms with van der Waals surface area (Å²) in [6.07, 6.45) is 6.77. The van der Waals surface area contributed by atoms with Crippen LogP contribution in [0.1, 0.15) is 24.8 Å². The zero-order valence-corrected chi connectivity index (χ0v) is 11.2. The maximum absolute atomic E-state index is 11.6. The van der Waals surface area contributed by atoms with E-state index < -0.39 is 0 Å². The Bertz CT molecular complexity index is 434. The summed E-state index contributed by atoms with van der Waals surface area (Å²) in [7, 11) is 0. The largest absolute Gasteiger partial charge is 0.356 e. The summed E-state index contributed by atoms with van der Waals surface area (Å²) in [4.78, 5) is 18.3. The van der Waals surface area contributed by atoms with Crippen molar-refractivity contribution in [2.75, 3.05) is 19.6 Å². The van der Waals surface area contributed by atoms with E-state index >= 15 is 0 Å². The second kappa shape index (κ2) is 5.70. The lowest BCUT2D eigenvalue weighted by atomic mass is 9.82. The first-order valence-corrected chi connectivity index (χ1v) is 7.19. The molecule has 0 aromatic carbocycles. The summed E-state index contributed by atoms with van der Waals surface area (Å²) in [5.74, 6) is 1.50. The molecule has 0 bridgehead atoms. The van der Waals surface area contributed by atoms with Crippen LogP contribution in [0.25, 0.3) is 0 Å². The molecule has 2 aliphatic heterocycles. The Hall–Kier alpha value is -1.42. The number of fused-ring (bicyclic) bond motifs is 1. The van der Waals surface area contributed by atoms with Gasteiger partial charge in [-0.15, -0.1) is 0 Å². The van der Waals surface area contributed by atoms with Gasteiger partial charge in [0, 0.05) is 38.4 Å². The summed E-state index contributed by atoms with van der Waals surface area (Å²) in [5, 5.41) is 3.00. The van der Waals surface area contributed by atoms with Gasteiger partial charge in [-0.3, -0.25) is 14.7 Å². The molecule has 0 spiro atoms. The zero-order valence-electron chi connectivity index (χ0n) is 11.2. The van der Waals surface area contributed by atoms with Crippen molar-refractivity contribution in [1.82, 2.24) is 15.2 Å². The number of carbonyl (C=O) groups excluding carboxylic acids is 1. The molecule has 1 amide bonds. The van der Waals surface area contributed by atoms with Gasteiger partial charge in [-0.05, 0) is 42.9 Å². The predicted octanol–water partition coefficient (Wildman–Crippen LogP) is 1.43. The van der Waals surface area contributed by atoms with Crippen molar-refractivity contribution in [3.05, 3.63) is 30.1 Å². The zero-order chi connectivity index (χ0) is 13.1. The van der Waals surface area contributed by atoms with Crippen LogP contribution in [0, 0.1) is 11.8 Å². The van der Waals surface area contributed by atoms with Crippen LogP contribution < -0.4 is 5.32 Å². The molecule has 4 heteroatoms. The van der Waals surface area contributed by atoms with Crippen molar-refractivity contribution < 1.29 is 4.79 Å². The van der Waals surface area contributed by atoms with Crippen LogP contribution in [0.4, 0.5) is 0 Å². The number of piperidine rings is 1. The van der Waals surface area contributed by atoms with Crippen molar-refractivity contribution >= 4 is 5.91 Å². The molecule has 2 atom stereocenters. The van der Waals surface area contributed by atoms with Crippen LogP contribution in [-0.2, 0) is 11.3 Å². The highest BCUT2D eigenvalue weighted by Crippen LogP contribution is 2.30. The third kappa shape index (κ3) is 3.13. The van der Waals surface area contributed by atoms with Gasteiger partial charge >= 0.3 is 0 Å². The molecule has 1 aromatic rings. The number of rotatable bonds is 2. The van der Waals surface area contributed by atoms with E-state index in [1.807, 2.05) is 18.5 Å². The summed E-state index contributed by atoms with van der Waals surface area (Å²) in [6, 6.07) is 4.13. The van der Waals surface area contributed by atoms with Crippen LogP contribution >= 0.6 is 0 Å². The van der Waals surface area contributed by atoms with E-state index in [0.717, 1.165) is 45.4 Å². The third-order valence-corrected chi connectivity index (χ3v) is 4.39. The SMILES string of the molecule is O=C1CC2CCN(Cc3cccnc3)CC2CCN1. The number of pyridine rings is 1. The molecule has 4 nitrogen and oxygen atoms in total. The summed E-state index contributed by atoms with van der Waals surface area (Å²) in [6.45, 7) is 4.05. The first kappa shape index (κ1) is 12.6. The summed E-state index contributed by atoms with van der Waals surface area (Å²) in [5.41, 5.74) is 1.28. The molecule has 19 heavy (non-hydrogen) atoms. The average Bonchev–Trinajstić information content (AvgIpc) is 2.60. The van der Waals surface area contributed by atoms with Crippen molar-refractivity contribution in [3.63, 3.8) is 0 Å². The number of aromatic nitrogens is 1. The van der Waals surface area contributed by atoms with Gasteiger partial charge in [-0.1, -0.05) is 6.07 Å². The highest BCUT2D eigenvalue weighted by atomic mass is 16.1. The Kier molecular flexibility index (Phi) is 3.78. The molecule has 1 aromatic heterocycles. The number of amides is 1. The molecule has 2 unspecified atom stereocenters. The highest BCUT2D eigenvalue weighted by molar-refractivity contribution is 5.76. The molecule has 2 aliphatic rings. The molecule has 3 rings (SSSR count). The molecule has 0 radical (unpaired) electrons. The van der Waals surface area contributed by atoms with Crippen LogP contribution in [-0.4, -0.2) is 35.4 Å². The van der Waals surface area contributed by atoms with Gasteiger partial charge in [0.05, 0.1) is 0 Å². The molecule has 3 heterocycles. The van der Waals surface area contributed by atoms with Crippen molar-refractivity contribution in [2.45, 2.75) is 25.8 Å². The Morgan fingerprint density at radius 1 is 1.37 bits per heavy atom. The summed E-state index contributed by atoms with van der Waals surface area (Å²) >= 11 is 0. The topological polar surface area (TPSA) is 45.2 Å². The van der Waals surface area contributed by atoms with Crippen LogP contribution in [0.3, 0.4) is 0 Å². The summed E-state index contributed by atoms with van der Waals surface area (Å²) < 4.78 is 0. The van der Waals surface area contributed by atoms with E-state index in [-0.39, 0.29) is 5.91 Å². The first-order chi connectivity index (χ1) is 9.31. The number of hydrogen-bond acceptors (Lipinski definition) is 3. The number of likely N-dealkylation sites (tertiary alicyclic amines) is 1. The second-order valence-electron chi connectivity index (χ2n) is 5.75. The number of hydrogen-bond donors (Lipinski definition) is 1. The normalized spacial score (nSPS) is 28.3. The molecule has 0 saturated carbocycles. The minimum absolute atomic E-state index is 0.244. The fourth-order valence-electron chi connectivity index (χ4n) is 3.35. The van der Waals surface area contributed by atoms with E-state index in [0.29, 0.717) is 11.8 Å². The van der Waals surface area contributed by atoms with Crippen LogP contribution in [0.15, 0.2) is 24.5 Å². The number of nitrogens with zero attached hydrogens (tertiary/aromatic N) is 2. The van der Waals surface area contributed by atoms with Gasteiger partial charge in [0.2, 0.25) is 5.91 Å². The van der Waals surface area contributed by atoms with E-state index in [9.17, 15) is 4.79 Å². The second-order valence-corrected chi connectivity index (χ2v) is 5.75. The molecule has 1 N–H and O–H groups in total. The molecule has 0 aliphatic carbocycles. The third-order valence-electron chi connectivity index (χ3n) is 4.39. The fourth-order valence-corrected chi connectivity index (χ4v) is 3.35. The standard InChI is InChI=1S/C15H21N3O/c19-15-8-13-4-7-18(11-14(13)3-6-17-15)10-12-2-1-5-16-9-12/h1-2,5,9,13-14H,3-4,6-8,10-11H2,(H,17,19). The Balaban J connectivity index is 1.61. The van der Waals surface area contributed by atoms with Gasteiger partial charge in [0.15, 0.2) is 0 Å². The van der Waals surface area contributed by atoms with Crippen molar-refractivity contribution in [3.8, 4) is 0 Å². The fraction of sp³-hybridized carbons (Fsp3) is 0.600. The van der Waals surface area contributed by atoms with Crippen LogP contribution in [0.5, 0.6) is 0 Å². The number of carbonyl (C=O) groups is 1. The maximum Gasteiger partial charge on any atom is 0.220 e. The van der Waals surface area contributed by atoms with Gasteiger partial charge in [-0.25, -0.2) is 0 Å². The molecular weight excluding hydrogens is 238 g/mol. The highest BCUT2D eigenvalue weighted by Gasteiger charge is 2.32. The lowest BCUT2D eigenvalue weighted by Gasteiger charge is -2.37. The lowest BCUT2D eigenvalue weighted by molar-refractivity contribution is -0.121. The van der Waals surface area contributed by atoms with Crippen molar-refractivity contribution in [1.29, 1.82) is 0 Å². The van der Waals surface area contributed by atoms with Gasteiger partial charge in [0.1, 0.15) is 0 Å². The minimum atomic E-state index is 0.244. The predicted molar refractivity (Wildman–Crippen MR) is 73.4 cm³/mol. The van der Waals surface area contributed by atoms with Gasteiger partial charge < -0.3 is 5.32 Å². The smallest absolute Gasteiger partial charge is 0.220 e. The van der Waals surface area contributed by atoms with Gasteiger partial charge in [0.25, 0.3) is 0 Å². The van der Waals surface area contributed by atoms with E-state index in [1.54, 1.807) is 0 Å². The Morgan fingerprint density at radius 2 is 2.32 bits per heavy atom. The quantitative estimate of drug-likeness (QED) is 0.874. The van der Waals surface area contributed by atoms with E-state index in [1.165, 1.54) is 5.56 Å².